The van der Waals surface area contributed by atoms with Crippen molar-refractivity contribution in [1.29, 1.82) is 0 Å². The molecule has 0 spiro atoms. The van der Waals surface area contributed by atoms with Crippen LogP contribution in [0.25, 0.3) is 0 Å². The van der Waals surface area contributed by atoms with E-state index in [9.17, 15) is 18.0 Å². The quantitative estimate of drug-likeness (QED) is 0.840. The van der Waals surface area contributed by atoms with Crippen molar-refractivity contribution in [3.63, 3.8) is 0 Å². The van der Waals surface area contributed by atoms with Crippen molar-refractivity contribution >= 4 is 21.9 Å². The number of aromatic nitrogens is 1. The van der Waals surface area contributed by atoms with Gasteiger partial charge in [-0.15, -0.1) is 0 Å². The van der Waals surface area contributed by atoms with Crippen LogP contribution in [0.4, 0.5) is 13.2 Å². The molecule has 0 aromatic carbocycles. The highest BCUT2D eigenvalue weighted by atomic mass is 79.9. The fourth-order valence-corrected chi connectivity index (χ4v) is 1.45. The molecule has 0 radical (unpaired) electrons. The summed E-state index contributed by atoms with van der Waals surface area (Å²) < 4.78 is 36.7. The van der Waals surface area contributed by atoms with Crippen LogP contribution < -0.4 is 0 Å². The van der Waals surface area contributed by atoms with Crippen LogP contribution in [-0.4, -0.2) is 16.1 Å². The Labute approximate surface area is 84.7 Å². The lowest BCUT2D eigenvalue weighted by molar-refractivity contribution is 0.0682. The Bertz CT molecular complexity index is 383. The first-order valence-corrected chi connectivity index (χ1v) is 4.10. The van der Waals surface area contributed by atoms with Crippen molar-refractivity contribution in [1.82, 2.24) is 4.98 Å². The van der Waals surface area contributed by atoms with Gasteiger partial charge >= 0.3 is 5.97 Å². The van der Waals surface area contributed by atoms with Crippen molar-refractivity contribution in [3.05, 3.63) is 27.7 Å². The summed E-state index contributed by atoms with van der Waals surface area (Å²) in [6.45, 7) is 0. The molecule has 1 aromatic rings. The third-order valence-electron chi connectivity index (χ3n) is 1.42. The molecule has 0 saturated heterocycles. The SMILES string of the molecule is O=C(O)c1c(C(F)F)cc(F)nc1Br. The third-order valence-corrected chi connectivity index (χ3v) is 2.00. The number of alkyl halides is 2. The Kier molecular flexibility index (Phi) is 3.10. The number of halogens is 4. The van der Waals surface area contributed by atoms with Gasteiger partial charge in [0.05, 0.1) is 0 Å². The summed E-state index contributed by atoms with van der Waals surface area (Å²) in [4.78, 5) is 13.6. The van der Waals surface area contributed by atoms with Gasteiger partial charge in [-0.3, -0.25) is 0 Å². The molecule has 1 rings (SSSR count). The number of carbonyl (C=O) groups is 1. The number of hydrogen-bond acceptors (Lipinski definition) is 2. The molecule has 76 valence electrons. The zero-order valence-corrected chi connectivity index (χ0v) is 8.06. The molecule has 7 heteroatoms. The Morgan fingerprint density at radius 1 is 1.57 bits per heavy atom. The van der Waals surface area contributed by atoms with Gasteiger partial charge in [-0.25, -0.2) is 18.6 Å². The molecular formula is C7H3BrF3NO2. The maximum absolute atomic E-state index is 12.6. The Balaban J connectivity index is 3.44. The molecule has 1 N–H and O–H groups in total. The predicted octanol–water partition coefficient (Wildman–Crippen LogP) is 2.62. The molecule has 1 aromatic heterocycles. The highest BCUT2D eigenvalue weighted by Gasteiger charge is 2.23. The Morgan fingerprint density at radius 2 is 2.14 bits per heavy atom. The first-order chi connectivity index (χ1) is 6.43. The number of nitrogens with zero attached hydrogens (tertiary/aromatic N) is 1. The van der Waals surface area contributed by atoms with Crippen LogP contribution in [0.15, 0.2) is 10.7 Å². The number of pyridine rings is 1. The topological polar surface area (TPSA) is 50.2 Å². The van der Waals surface area contributed by atoms with Crippen LogP contribution in [0.5, 0.6) is 0 Å². The lowest BCUT2D eigenvalue weighted by Crippen LogP contribution is -2.07. The van der Waals surface area contributed by atoms with E-state index in [0.717, 1.165) is 0 Å². The fourth-order valence-electron chi connectivity index (χ4n) is 0.885. The van der Waals surface area contributed by atoms with Crippen LogP contribution in [0.2, 0.25) is 0 Å². The lowest BCUT2D eigenvalue weighted by atomic mass is 10.1. The average Bonchev–Trinajstić information content (AvgIpc) is 2.01. The monoisotopic (exact) mass is 269 g/mol. The van der Waals surface area contributed by atoms with Gasteiger partial charge in [-0.1, -0.05) is 0 Å². The van der Waals surface area contributed by atoms with Gasteiger partial charge in [0.25, 0.3) is 6.43 Å². The molecule has 0 aliphatic rings. The highest BCUT2D eigenvalue weighted by molar-refractivity contribution is 9.10. The van der Waals surface area contributed by atoms with Crippen molar-refractivity contribution in [2.75, 3.05) is 0 Å². The maximum atomic E-state index is 12.6. The van der Waals surface area contributed by atoms with Gasteiger partial charge in [-0.2, -0.15) is 4.39 Å². The molecule has 0 unspecified atom stereocenters. The van der Waals surface area contributed by atoms with E-state index in [1.165, 1.54) is 0 Å². The summed E-state index contributed by atoms with van der Waals surface area (Å²) >= 11 is 2.60. The van der Waals surface area contributed by atoms with Gasteiger partial charge < -0.3 is 5.11 Å². The van der Waals surface area contributed by atoms with Gasteiger partial charge in [0.1, 0.15) is 10.2 Å². The second-order valence-corrected chi connectivity index (χ2v) is 3.06. The van der Waals surface area contributed by atoms with Crippen molar-refractivity contribution in [2.24, 2.45) is 0 Å². The van der Waals surface area contributed by atoms with Crippen LogP contribution in [0.1, 0.15) is 22.3 Å². The average molecular weight is 270 g/mol. The van der Waals surface area contributed by atoms with Crippen molar-refractivity contribution in [2.45, 2.75) is 6.43 Å². The molecule has 0 aliphatic heterocycles. The smallest absolute Gasteiger partial charge is 0.338 e. The van der Waals surface area contributed by atoms with Gasteiger partial charge in [0.2, 0.25) is 5.95 Å². The summed E-state index contributed by atoms with van der Waals surface area (Å²) in [6.07, 6.45) is -3.06. The lowest BCUT2D eigenvalue weighted by Gasteiger charge is -2.06. The second kappa shape index (κ2) is 3.95. The zero-order chi connectivity index (χ0) is 10.9. The highest BCUT2D eigenvalue weighted by Crippen LogP contribution is 2.27. The first kappa shape index (κ1) is 11.0. The van der Waals surface area contributed by atoms with Crippen LogP contribution in [0.3, 0.4) is 0 Å². The molecule has 0 bridgehead atoms. The van der Waals surface area contributed by atoms with Crippen LogP contribution >= 0.6 is 15.9 Å². The number of aromatic carboxylic acids is 1. The number of hydrogen-bond donors (Lipinski definition) is 1. The van der Waals surface area contributed by atoms with Gasteiger partial charge in [0.15, 0.2) is 0 Å². The molecule has 3 nitrogen and oxygen atoms in total. The van der Waals surface area contributed by atoms with Gasteiger partial charge in [-0.05, 0) is 15.9 Å². The minimum absolute atomic E-state index is 0.402. The second-order valence-electron chi connectivity index (χ2n) is 2.31. The predicted molar refractivity (Wildman–Crippen MR) is 43.8 cm³/mol. The molecule has 1 heterocycles. The Morgan fingerprint density at radius 3 is 2.57 bits per heavy atom. The summed E-state index contributed by atoms with van der Waals surface area (Å²) in [5, 5.41) is 8.56. The molecule has 0 aliphatic carbocycles. The van der Waals surface area contributed by atoms with E-state index in [1.54, 1.807) is 0 Å². The van der Waals surface area contributed by atoms with E-state index in [0.29, 0.717) is 6.07 Å². The number of rotatable bonds is 2. The van der Waals surface area contributed by atoms with E-state index in [4.69, 9.17) is 5.11 Å². The minimum Gasteiger partial charge on any atom is -0.478 e. The number of carboxylic acid groups (broad SMARTS) is 1. The summed E-state index contributed by atoms with van der Waals surface area (Å²) in [5.74, 6) is -2.74. The molecule has 0 atom stereocenters. The summed E-state index contributed by atoms with van der Waals surface area (Å²) in [5.41, 5.74) is -1.61. The molecule has 14 heavy (non-hydrogen) atoms. The van der Waals surface area contributed by atoms with E-state index in [2.05, 4.69) is 20.9 Å². The molecule has 0 fully saturated rings. The van der Waals surface area contributed by atoms with E-state index < -0.39 is 34.1 Å². The summed E-state index contributed by atoms with van der Waals surface area (Å²) in [6, 6.07) is 0.402. The van der Waals surface area contributed by atoms with Crippen LogP contribution in [0, 0.1) is 5.95 Å². The zero-order valence-electron chi connectivity index (χ0n) is 6.47. The normalized spacial score (nSPS) is 10.6. The third kappa shape index (κ3) is 2.03. The van der Waals surface area contributed by atoms with Crippen LogP contribution in [-0.2, 0) is 0 Å². The largest absolute Gasteiger partial charge is 0.478 e. The van der Waals surface area contributed by atoms with E-state index >= 15 is 0 Å². The van der Waals surface area contributed by atoms with Gasteiger partial charge in [0, 0.05) is 11.6 Å². The van der Waals surface area contributed by atoms with Crippen molar-refractivity contribution in [3.8, 4) is 0 Å². The fraction of sp³-hybridized carbons (Fsp3) is 0.143. The van der Waals surface area contributed by atoms with Crippen molar-refractivity contribution < 1.29 is 23.1 Å². The number of carboxylic acids is 1. The minimum atomic E-state index is -3.06. The molecule has 0 amide bonds. The van der Waals surface area contributed by atoms with E-state index in [1.807, 2.05) is 0 Å². The molecular weight excluding hydrogens is 267 g/mol. The maximum Gasteiger partial charge on any atom is 0.338 e. The summed E-state index contributed by atoms with van der Waals surface area (Å²) in [7, 11) is 0. The standard InChI is InChI=1S/C7H3BrF3NO2/c8-5-4(7(13)14)2(6(10)11)1-3(9)12-5/h1,6H,(H,13,14). The Hall–Kier alpha value is -1.11. The van der Waals surface area contributed by atoms with E-state index in [-0.39, 0.29) is 0 Å². The first-order valence-electron chi connectivity index (χ1n) is 3.31. The molecule has 0 saturated carbocycles.